The van der Waals surface area contributed by atoms with E-state index < -0.39 is 5.92 Å². The summed E-state index contributed by atoms with van der Waals surface area (Å²) in [5.41, 5.74) is 7.97. The third-order valence-electron chi connectivity index (χ3n) is 3.91. The van der Waals surface area contributed by atoms with Gasteiger partial charge in [-0.05, 0) is 41.5 Å². The Hall–Kier alpha value is -2.89. The van der Waals surface area contributed by atoms with E-state index in [0.29, 0.717) is 5.02 Å². The second-order valence-electron chi connectivity index (χ2n) is 5.83. The summed E-state index contributed by atoms with van der Waals surface area (Å²) in [6.45, 7) is 0. The summed E-state index contributed by atoms with van der Waals surface area (Å²) in [5.74, 6) is -0.656. The Morgan fingerprint density at radius 3 is 1.96 bits per heavy atom. The fourth-order valence-electron chi connectivity index (χ4n) is 2.71. The van der Waals surface area contributed by atoms with Gasteiger partial charge in [0.05, 0.1) is 5.92 Å². The van der Waals surface area contributed by atoms with E-state index in [1.165, 1.54) is 0 Å². The van der Waals surface area contributed by atoms with Crippen molar-refractivity contribution in [2.24, 2.45) is 0 Å². The second kappa shape index (κ2) is 9.16. The van der Waals surface area contributed by atoms with Crippen LogP contribution in [0.1, 0.15) is 17.0 Å². The maximum absolute atomic E-state index is 12.9. The van der Waals surface area contributed by atoms with Crippen LogP contribution in [0.3, 0.4) is 0 Å². The fourth-order valence-corrected chi connectivity index (χ4v) is 3.06. The minimum Gasteiger partial charge on any atom is -0.331 e. The molecule has 0 heterocycles. The molecule has 0 aliphatic heterocycles. The van der Waals surface area contributed by atoms with Crippen LogP contribution in [-0.4, -0.2) is 11.0 Å². The Kier molecular flexibility index (Phi) is 6.41. The molecule has 0 aliphatic carbocycles. The van der Waals surface area contributed by atoms with Gasteiger partial charge in [-0.3, -0.25) is 15.6 Å². The van der Waals surface area contributed by atoms with E-state index >= 15 is 0 Å². The SMILES string of the molecule is O=C(NNC(=S)Nc1cccc(Cl)c1)C(c1ccccc1)c1ccccc1. The summed E-state index contributed by atoms with van der Waals surface area (Å²) < 4.78 is 0. The van der Waals surface area contributed by atoms with E-state index in [-0.39, 0.29) is 11.0 Å². The fraction of sp³-hybridized carbons (Fsp3) is 0.0476. The molecule has 27 heavy (non-hydrogen) atoms. The first-order chi connectivity index (χ1) is 13.1. The standard InChI is InChI=1S/C21H18ClN3OS/c22-17-12-7-13-18(14-17)23-21(27)25-24-20(26)19(15-8-3-1-4-9-15)16-10-5-2-6-11-16/h1-14,19H,(H,24,26)(H2,23,25,27). The molecule has 4 nitrogen and oxygen atoms in total. The van der Waals surface area contributed by atoms with E-state index in [1.807, 2.05) is 72.8 Å². The molecule has 0 saturated carbocycles. The van der Waals surface area contributed by atoms with E-state index in [0.717, 1.165) is 16.8 Å². The van der Waals surface area contributed by atoms with E-state index in [1.54, 1.807) is 12.1 Å². The minimum atomic E-state index is -0.450. The molecule has 0 fully saturated rings. The number of halogens is 1. The summed E-state index contributed by atoms with van der Waals surface area (Å²) in [5, 5.41) is 3.84. The van der Waals surface area contributed by atoms with Crippen LogP contribution in [0.2, 0.25) is 5.02 Å². The van der Waals surface area contributed by atoms with Gasteiger partial charge in [0, 0.05) is 10.7 Å². The molecular weight excluding hydrogens is 378 g/mol. The zero-order chi connectivity index (χ0) is 19.1. The Bertz CT molecular complexity index is 879. The van der Waals surface area contributed by atoms with Gasteiger partial charge in [-0.15, -0.1) is 0 Å². The number of nitrogens with one attached hydrogen (secondary N) is 3. The molecule has 6 heteroatoms. The molecule has 3 aromatic rings. The van der Waals surface area contributed by atoms with Crippen LogP contribution in [-0.2, 0) is 4.79 Å². The molecule has 0 radical (unpaired) electrons. The monoisotopic (exact) mass is 395 g/mol. The summed E-state index contributed by atoms with van der Waals surface area (Å²) >= 11 is 11.2. The quantitative estimate of drug-likeness (QED) is 0.450. The highest BCUT2D eigenvalue weighted by molar-refractivity contribution is 7.80. The van der Waals surface area contributed by atoms with Gasteiger partial charge >= 0.3 is 0 Å². The van der Waals surface area contributed by atoms with Crippen LogP contribution in [0.4, 0.5) is 5.69 Å². The van der Waals surface area contributed by atoms with Crippen molar-refractivity contribution in [3.8, 4) is 0 Å². The van der Waals surface area contributed by atoms with Crippen LogP contribution in [0.25, 0.3) is 0 Å². The number of hydrazine groups is 1. The predicted molar refractivity (Wildman–Crippen MR) is 114 cm³/mol. The summed E-state index contributed by atoms with van der Waals surface area (Å²) in [4.78, 5) is 12.9. The third-order valence-corrected chi connectivity index (χ3v) is 4.35. The minimum absolute atomic E-state index is 0.206. The average Bonchev–Trinajstić information content (AvgIpc) is 2.68. The first-order valence-corrected chi connectivity index (χ1v) is 9.14. The number of carbonyl (C=O) groups is 1. The van der Waals surface area contributed by atoms with Crippen molar-refractivity contribution >= 4 is 40.5 Å². The zero-order valence-corrected chi connectivity index (χ0v) is 15.9. The molecule has 3 rings (SSSR count). The molecule has 3 aromatic carbocycles. The van der Waals surface area contributed by atoms with Crippen LogP contribution in [0.15, 0.2) is 84.9 Å². The van der Waals surface area contributed by atoms with Crippen LogP contribution in [0, 0.1) is 0 Å². The van der Waals surface area contributed by atoms with E-state index in [9.17, 15) is 4.79 Å². The van der Waals surface area contributed by atoms with Gasteiger partial charge in [0.1, 0.15) is 0 Å². The number of amides is 1. The molecule has 0 aromatic heterocycles. The van der Waals surface area contributed by atoms with Gasteiger partial charge in [-0.1, -0.05) is 78.3 Å². The Labute approximate surface area is 168 Å². The van der Waals surface area contributed by atoms with Gasteiger partial charge in [-0.25, -0.2) is 0 Å². The second-order valence-corrected chi connectivity index (χ2v) is 6.68. The maximum Gasteiger partial charge on any atom is 0.250 e. The lowest BCUT2D eigenvalue weighted by molar-refractivity contribution is -0.122. The van der Waals surface area contributed by atoms with Gasteiger partial charge in [-0.2, -0.15) is 0 Å². The molecule has 1 amide bonds. The lowest BCUT2D eigenvalue weighted by atomic mass is 9.91. The number of thiocarbonyl (C=S) groups is 1. The topological polar surface area (TPSA) is 53.2 Å². The average molecular weight is 396 g/mol. The van der Waals surface area contributed by atoms with Crippen LogP contribution in [0.5, 0.6) is 0 Å². The molecule has 0 bridgehead atoms. The molecular formula is C21H18ClN3OS. The number of hydrogen-bond donors (Lipinski definition) is 3. The summed E-state index contributed by atoms with van der Waals surface area (Å²) in [6.07, 6.45) is 0. The van der Waals surface area contributed by atoms with Crippen molar-refractivity contribution in [1.29, 1.82) is 0 Å². The number of hydrogen-bond acceptors (Lipinski definition) is 2. The van der Waals surface area contributed by atoms with Crippen molar-refractivity contribution in [3.05, 3.63) is 101 Å². The normalized spacial score (nSPS) is 10.3. The van der Waals surface area contributed by atoms with Crippen LogP contribution >= 0.6 is 23.8 Å². The van der Waals surface area contributed by atoms with Gasteiger partial charge in [0.2, 0.25) is 5.91 Å². The van der Waals surface area contributed by atoms with Crippen molar-refractivity contribution < 1.29 is 4.79 Å². The molecule has 0 atom stereocenters. The number of carbonyl (C=O) groups excluding carboxylic acids is 1. The highest BCUT2D eigenvalue weighted by Gasteiger charge is 2.22. The van der Waals surface area contributed by atoms with Crippen molar-refractivity contribution in [3.63, 3.8) is 0 Å². The lowest BCUT2D eigenvalue weighted by Crippen LogP contribution is -2.45. The first kappa shape index (κ1) is 18.9. The Morgan fingerprint density at radius 1 is 0.815 bits per heavy atom. The van der Waals surface area contributed by atoms with Crippen molar-refractivity contribution in [1.82, 2.24) is 10.9 Å². The van der Waals surface area contributed by atoms with Crippen molar-refractivity contribution in [2.75, 3.05) is 5.32 Å². The van der Waals surface area contributed by atoms with Gasteiger partial charge in [0.25, 0.3) is 0 Å². The number of rotatable bonds is 4. The molecule has 136 valence electrons. The largest absolute Gasteiger partial charge is 0.331 e. The van der Waals surface area contributed by atoms with E-state index in [2.05, 4.69) is 16.2 Å². The summed E-state index contributed by atoms with van der Waals surface area (Å²) in [6, 6.07) is 26.4. The zero-order valence-electron chi connectivity index (χ0n) is 14.4. The Morgan fingerprint density at radius 2 is 1.41 bits per heavy atom. The molecule has 0 unspecified atom stereocenters. The van der Waals surface area contributed by atoms with E-state index in [4.69, 9.17) is 23.8 Å². The predicted octanol–water partition coefficient (Wildman–Crippen LogP) is 4.49. The first-order valence-electron chi connectivity index (χ1n) is 8.36. The molecule has 3 N–H and O–H groups in total. The third kappa shape index (κ3) is 5.29. The van der Waals surface area contributed by atoms with Gasteiger partial charge < -0.3 is 5.32 Å². The molecule has 0 saturated heterocycles. The molecule has 0 aliphatic rings. The number of anilines is 1. The smallest absolute Gasteiger partial charge is 0.250 e. The number of benzene rings is 3. The molecule has 0 spiro atoms. The Balaban J connectivity index is 1.69. The van der Waals surface area contributed by atoms with Crippen molar-refractivity contribution in [2.45, 2.75) is 5.92 Å². The van der Waals surface area contributed by atoms with Crippen LogP contribution < -0.4 is 16.2 Å². The summed E-state index contributed by atoms with van der Waals surface area (Å²) in [7, 11) is 0. The lowest BCUT2D eigenvalue weighted by Gasteiger charge is -2.19. The maximum atomic E-state index is 12.9. The van der Waals surface area contributed by atoms with Gasteiger partial charge in [0.15, 0.2) is 5.11 Å². The highest BCUT2D eigenvalue weighted by atomic mass is 35.5. The highest BCUT2D eigenvalue weighted by Crippen LogP contribution is 2.24.